The van der Waals surface area contributed by atoms with Gasteiger partial charge in [0, 0.05) is 11.6 Å². The monoisotopic (exact) mass is 400 g/mol. The third-order valence-corrected chi connectivity index (χ3v) is 5.62. The molecule has 5 rings (SSSR count). The average Bonchev–Trinajstić information content (AvgIpc) is 3.41. The number of benzene rings is 2. The van der Waals surface area contributed by atoms with Crippen molar-refractivity contribution >= 4 is 22.8 Å². The van der Waals surface area contributed by atoms with Crippen LogP contribution < -0.4 is 15.8 Å². The van der Waals surface area contributed by atoms with Crippen LogP contribution >= 0.6 is 0 Å². The fourth-order valence-corrected chi connectivity index (χ4v) is 4.13. The van der Waals surface area contributed by atoms with Gasteiger partial charge in [-0.25, -0.2) is 9.67 Å². The predicted molar refractivity (Wildman–Crippen MR) is 119 cm³/mol. The van der Waals surface area contributed by atoms with E-state index in [0.29, 0.717) is 23.5 Å². The molecule has 0 bridgehead atoms. The highest BCUT2D eigenvalue weighted by Gasteiger charge is 2.23. The molecule has 30 heavy (non-hydrogen) atoms. The molecular formula is C23H24N6O. The molecule has 0 amide bonds. The number of nitrogens with zero attached hydrogens (tertiary/aromatic N) is 4. The Kier molecular flexibility index (Phi) is 4.71. The van der Waals surface area contributed by atoms with Crippen LogP contribution in [0.5, 0.6) is 5.75 Å². The number of hydrogen-bond acceptors (Lipinski definition) is 6. The molecule has 2 aromatic carbocycles. The van der Waals surface area contributed by atoms with Crippen molar-refractivity contribution in [2.45, 2.75) is 31.7 Å². The van der Waals surface area contributed by atoms with Gasteiger partial charge >= 0.3 is 0 Å². The standard InChI is InChI=1S/C23H24N6O/c1-30-18-14-8-7-13-17(18)20-19-21(24)29(16-11-3-2-4-12-16)28-22(19)27-23(26-20)25-15-9-5-6-10-15/h2-4,7-8,11-15H,5-6,9-10,24H2,1H3,(H,25,27,28). The molecule has 0 radical (unpaired) electrons. The maximum Gasteiger partial charge on any atom is 0.225 e. The number of hydrogen-bond donors (Lipinski definition) is 2. The Balaban J connectivity index is 1.73. The minimum atomic E-state index is 0.390. The van der Waals surface area contributed by atoms with Crippen molar-refractivity contribution in [2.24, 2.45) is 0 Å². The zero-order valence-corrected chi connectivity index (χ0v) is 16.9. The molecule has 1 saturated carbocycles. The zero-order chi connectivity index (χ0) is 20.5. The van der Waals surface area contributed by atoms with Crippen molar-refractivity contribution in [3.05, 3.63) is 54.6 Å². The van der Waals surface area contributed by atoms with Gasteiger partial charge in [-0.3, -0.25) is 0 Å². The molecule has 7 nitrogen and oxygen atoms in total. The van der Waals surface area contributed by atoms with Crippen molar-refractivity contribution in [3.63, 3.8) is 0 Å². The molecule has 1 aliphatic carbocycles. The Bertz CT molecular complexity index is 1180. The van der Waals surface area contributed by atoms with Gasteiger partial charge in [0.1, 0.15) is 11.6 Å². The summed E-state index contributed by atoms with van der Waals surface area (Å²) in [6.07, 6.45) is 4.72. The first-order valence-electron chi connectivity index (χ1n) is 10.3. The molecular weight excluding hydrogens is 376 g/mol. The lowest BCUT2D eigenvalue weighted by Crippen LogP contribution is -2.17. The van der Waals surface area contributed by atoms with E-state index in [9.17, 15) is 0 Å². The smallest absolute Gasteiger partial charge is 0.225 e. The summed E-state index contributed by atoms with van der Waals surface area (Å²) in [4.78, 5) is 9.59. The summed E-state index contributed by atoms with van der Waals surface area (Å²) in [6, 6.07) is 18.0. The second-order valence-corrected chi connectivity index (χ2v) is 7.55. The fourth-order valence-electron chi connectivity index (χ4n) is 4.13. The maximum atomic E-state index is 6.57. The van der Waals surface area contributed by atoms with Gasteiger partial charge in [-0.15, -0.1) is 5.10 Å². The molecule has 0 aliphatic heterocycles. The van der Waals surface area contributed by atoms with Gasteiger partial charge in [-0.2, -0.15) is 4.98 Å². The Labute approximate surface area is 174 Å². The SMILES string of the molecule is COc1ccccc1-c1nc(NC2CCCC2)nc2nn(-c3ccccc3)c(N)c12. The highest BCUT2D eigenvalue weighted by Crippen LogP contribution is 2.37. The largest absolute Gasteiger partial charge is 0.496 e. The van der Waals surface area contributed by atoms with Crippen LogP contribution in [-0.2, 0) is 0 Å². The van der Waals surface area contributed by atoms with Crippen LogP contribution in [0.3, 0.4) is 0 Å². The summed E-state index contributed by atoms with van der Waals surface area (Å²) in [5.41, 5.74) is 9.60. The molecule has 3 N–H and O–H groups in total. The number of nitrogens with two attached hydrogens (primary N) is 1. The number of para-hydroxylation sites is 2. The highest BCUT2D eigenvalue weighted by atomic mass is 16.5. The Morgan fingerprint density at radius 2 is 1.73 bits per heavy atom. The first-order chi connectivity index (χ1) is 14.7. The van der Waals surface area contributed by atoms with E-state index < -0.39 is 0 Å². The summed E-state index contributed by atoms with van der Waals surface area (Å²) >= 11 is 0. The summed E-state index contributed by atoms with van der Waals surface area (Å²) in [5.74, 6) is 1.81. The Morgan fingerprint density at radius 1 is 1.00 bits per heavy atom. The average molecular weight is 400 g/mol. The predicted octanol–water partition coefficient (Wildman–Crippen LogP) is 4.43. The van der Waals surface area contributed by atoms with E-state index in [-0.39, 0.29) is 0 Å². The van der Waals surface area contributed by atoms with Gasteiger partial charge in [0.2, 0.25) is 5.95 Å². The van der Waals surface area contributed by atoms with Gasteiger partial charge in [-0.05, 0) is 37.1 Å². The van der Waals surface area contributed by atoms with Crippen molar-refractivity contribution < 1.29 is 4.74 Å². The molecule has 4 aromatic rings. The van der Waals surface area contributed by atoms with Crippen LogP contribution in [0.1, 0.15) is 25.7 Å². The number of nitrogen functional groups attached to an aromatic ring is 1. The molecule has 0 unspecified atom stereocenters. The minimum Gasteiger partial charge on any atom is -0.496 e. The normalized spacial score (nSPS) is 14.3. The van der Waals surface area contributed by atoms with Gasteiger partial charge in [0.05, 0.1) is 23.9 Å². The molecule has 7 heteroatoms. The Hall–Kier alpha value is -3.61. The van der Waals surface area contributed by atoms with E-state index in [1.165, 1.54) is 12.8 Å². The quantitative estimate of drug-likeness (QED) is 0.515. The molecule has 1 fully saturated rings. The molecule has 0 spiro atoms. The lowest BCUT2D eigenvalue weighted by molar-refractivity contribution is 0.416. The molecule has 2 aromatic heterocycles. The van der Waals surface area contributed by atoms with Crippen LogP contribution in [0.4, 0.5) is 11.8 Å². The number of ether oxygens (including phenoxy) is 1. The van der Waals surface area contributed by atoms with Crippen LogP contribution in [0, 0.1) is 0 Å². The Morgan fingerprint density at radius 3 is 2.50 bits per heavy atom. The van der Waals surface area contributed by atoms with Crippen molar-refractivity contribution in [1.82, 2.24) is 19.7 Å². The number of methoxy groups -OCH3 is 1. The number of anilines is 2. The number of nitrogens with one attached hydrogen (secondary N) is 1. The number of aromatic nitrogens is 4. The van der Waals surface area contributed by atoms with Crippen LogP contribution in [0.2, 0.25) is 0 Å². The minimum absolute atomic E-state index is 0.390. The number of fused-ring (bicyclic) bond motifs is 1. The first kappa shape index (κ1) is 18.4. The lowest BCUT2D eigenvalue weighted by atomic mass is 10.1. The van der Waals surface area contributed by atoms with Gasteiger partial charge < -0.3 is 15.8 Å². The summed E-state index contributed by atoms with van der Waals surface area (Å²) in [5, 5.41) is 8.94. The topological polar surface area (TPSA) is 90.9 Å². The molecule has 0 saturated heterocycles. The van der Waals surface area contributed by atoms with E-state index >= 15 is 0 Å². The summed E-state index contributed by atoms with van der Waals surface area (Å²) < 4.78 is 7.32. The number of rotatable bonds is 5. The fraction of sp³-hybridized carbons (Fsp3) is 0.261. The van der Waals surface area contributed by atoms with Gasteiger partial charge in [0.25, 0.3) is 0 Å². The van der Waals surface area contributed by atoms with Gasteiger partial charge in [-0.1, -0.05) is 43.2 Å². The third kappa shape index (κ3) is 3.22. The second kappa shape index (κ2) is 7.67. The van der Waals surface area contributed by atoms with Crippen molar-refractivity contribution in [2.75, 3.05) is 18.2 Å². The van der Waals surface area contributed by atoms with Crippen LogP contribution in [-0.4, -0.2) is 32.9 Å². The summed E-state index contributed by atoms with van der Waals surface area (Å²) in [7, 11) is 1.66. The van der Waals surface area contributed by atoms with Gasteiger partial charge in [0.15, 0.2) is 5.65 Å². The molecule has 2 heterocycles. The van der Waals surface area contributed by atoms with Crippen molar-refractivity contribution in [3.8, 4) is 22.7 Å². The third-order valence-electron chi connectivity index (χ3n) is 5.62. The molecule has 0 atom stereocenters. The van der Waals surface area contributed by atoms with Crippen LogP contribution in [0.15, 0.2) is 54.6 Å². The zero-order valence-electron chi connectivity index (χ0n) is 16.9. The lowest BCUT2D eigenvalue weighted by Gasteiger charge is -2.14. The van der Waals surface area contributed by atoms with Crippen molar-refractivity contribution in [1.29, 1.82) is 0 Å². The second-order valence-electron chi connectivity index (χ2n) is 7.55. The van der Waals surface area contributed by atoms with E-state index in [2.05, 4.69) is 5.32 Å². The summed E-state index contributed by atoms with van der Waals surface area (Å²) in [6.45, 7) is 0. The highest BCUT2D eigenvalue weighted by molar-refractivity contribution is 6.00. The van der Waals surface area contributed by atoms with E-state index in [4.69, 9.17) is 25.5 Å². The van der Waals surface area contributed by atoms with E-state index in [0.717, 1.165) is 40.9 Å². The molecule has 1 aliphatic rings. The van der Waals surface area contributed by atoms with E-state index in [1.54, 1.807) is 11.8 Å². The van der Waals surface area contributed by atoms with Crippen LogP contribution in [0.25, 0.3) is 28.0 Å². The maximum absolute atomic E-state index is 6.57. The molecule has 152 valence electrons. The van der Waals surface area contributed by atoms with E-state index in [1.807, 2.05) is 54.6 Å². The first-order valence-corrected chi connectivity index (χ1v) is 10.3.